The van der Waals surface area contributed by atoms with Crippen molar-refractivity contribution in [2.75, 3.05) is 6.61 Å². The predicted molar refractivity (Wildman–Crippen MR) is 108 cm³/mol. The van der Waals surface area contributed by atoms with Crippen LogP contribution in [0.25, 0.3) is 0 Å². The molecule has 1 aromatic rings. The molecule has 0 spiro atoms. The number of carbonyl (C=O) groups excluding carboxylic acids is 1. The van der Waals surface area contributed by atoms with Gasteiger partial charge >= 0.3 is 5.97 Å². The molecule has 0 aliphatic heterocycles. The highest BCUT2D eigenvalue weighted by Crippen LogP contribution is 2.48. The van der Waals surface area contributed by atoms with E-state index in [0.717, 1.165) is 24.8 Å². The van der Waals surface area contributed by atoms with E-state index in [4.69, 9.17) is 4.74 Å². The Morgan fingerprint density at radius 2 is 2.00 bits per heavy atom. The normalized spacial score (nSPS) is 19.5. The second-order valence-electron chi connectivity index (χ2n) is 7.61. The third-order valence-corrected chi connectivity index (χ3v) is 5.27. The Balaban J connectivity index is 2.64. The van der Waals surface area contributed by atoms with E-state index >= 15 is 0 Å². The number of aryl methyl sites for hydroxylation is 1. The van der Waals surface area contributed by atoms with E-state index in [9.17, 15) is 15.0 Å². The zero-order valence-electron chi connectivity index (χ0n) is 17.0. The van der Waals surface area contributed by atoms with Crippen LogP contribution in [0.4, 0.5) is 0 Å². The summed E-state index contributed by atoms with van der Waals surface area (Å²) in [7, 11) is 0. The molecule has 0 radical (unpaired) electrons. The second kappa shape index (κ2) is 9.12. The fourth-order valence-corrected chi connectivity index (χ4v) is 3.92. The summed E-state index contributed by atoms with van der Waals surface area (Å²) in [6, 6.07) is 1.62. The third kappa shape index (κ3) is 4.55. The Morgan fingerprint density at radius 3 is 2.59 bits per heavy atom. The fraction of sp³-hybridized carbons (Fsp3) is 0.522. The highest BCUT2D eigenvalue weighted by atomic mass is 16.5. The topological polar surface area (TPSA) is 66.8 Å². The average molecular weight is 373 g/mol. The zero-order valence-corrected chi connectivity index (χ0v) is 17.0. The number of esters is 1. The van der Waals surface area contributed by atoms with Crippen molar-refractivity contribution in [1.29, 1.82) is 0 Å². The number of ether oxygens (including phenoxy) is 1. The summed E-state index contributed by atoms with van der Waals surface area (Å²) in [5.74, 6) is -0.735. The summed E-state index contributed by atoms with van der Waals surface area (Å²) in [5.41, 5.74) is 3.45. The second-order valence-corrected chi connectivity index (χ2v) is 7.61. The molecule has 1 aliphatic carbocycles. The van der Waals surface area contributed by atoms with Crippen molar-refractivity contribution in [3.05, 3.63) is 46.6 Å². The molecule has 0 saturated heterocycles. The van der Waals surface area contributed by atoms with Crippen LogP contribution >= 0.6 is 0 Å². The Morgan fingerprint density at radius 1 is 1.30 bits per heavy atom. The first-order valence-corrected chi connectivity index (χ1v) is 9.89. The lowest BCUT2D eigenvalue weighted by atomic mass is 9.73. The Hall–Kier alpha value is -2.23. The molecule has 0 saturated carbocycles. The van der Waals surface area contributed by atoms with E-state index in [2.05, 4.69) is 19.6 Å². The van der Waals surface area contributed by atoms with E-state index in [-0.39, 0.29) is 28.9 Å². The molecule has 0 aromatic heterocycles. The summed E-state index contributed by atoms with van der Waals surface area (Å²) >= 11 is 0. The van der Waals surface area contributed by atoms with Crippen LogP contribution in [0.5, 0.6) is 11.5 Å². The van der Waals surface area contributed by atoms with Crippen LogP contribution in [0.15, 0.2) is 29.9 Å². The highest BCUT2D eigenvalue weighted by Gasteiger charge is 2.33. The molecule has 4 heteroatoms. The SMILES string of the molecule is C=C(C)[C@@H]1CCC(C)=C[C@H]1c1c(O)cc(CCC)c(C(=O)OCCC)c1O. The number of hydrogen-bond donors (Lipinski definition) is 2. The minimum Gasteiger partial charge on any atom is -0.507 e. The van der Waals surface area contributed by atoms with Crippen LogP contribution in [-0.4, -0.2) is 22.8 Å². The summed E-state index contributed by atoms with van der Waals surface area (Å²) < 4.78 is 5.31. The molecule has 0 amide bonds. The van der Waals surface area contributed by atoms with Crippen molar-refractivity contribution in [2.45, 2.75) is 65.7 Å². The Kier molecular flexibility index (Phi) is 7.11. The molecule has 0 unspecified atom stereocenters. The van der Waals surface area contributed by atoms with Gasteiger partial charge in [-0.2, -0.15) is 0 Å². The van der Waals surface area contributed by atoms with Crippen molar-refractivity contribution in [3.8, 4) is 11.5 Å². The van der Waals surface area contributed by atoms with E-state index in [0.29, 0.717) is 30.6 Å². The maximum Gasteiger partial charge on any atom is 0.342 e. The van der Waals surface area contributed by atoms with E-state index in [1.54, 1.807) is 6.07 Å². The number of carbonyl (C=O) groups is 1. The van der Waals surface area contributed by atoms with Gasteiger partial charge in [-0.05, 0) is 57.1 Å². The lowest BCUT2D eigenvalue weighted by Crippen LogP contribution is -2.19. The molecule has 2 N–H and O–H groups in total. The molecule has 1 aromatic carbocycles. The largest absolute Gasteiger partial charge is 0.507 e. The van der Waals surface area contributed by atoms with E-state index in [1.165, 1.54) is 5.57 Å². The van der Waals surface area contributed by atoms with Gasteiger partial charge < -0.3 is 14.9 Å². The molecule has 148 valence electrons. The van der Waals surface area contributed by atoms with Crippen molar-refractivity contribution in [3.63, 3.8) is 0 Å². The molecule has 27 heavy (non-hydrogen) atoms. The molecule has 2 rings (SSSR count). The molecular formula is C23H32O4. The van der Waals surface area contributed by atoms with Crippen LogP contribution in [0, 0.1) is 5.92 Å². The molecule has 4 nitrogen and oxygen atoms in total. The van der Waals surface area contributed by atoms with Gasteiger partial charge in [0, 0.05) is 11.5 Å². The summed E-state index contributed by atoms with van der Waals surface area (Å²) in [4.78, 5) is 12.6. The first-order chi connectivity index (χ1) is 12.8. The number of phenolic OH excluding ortho intramolecular Hbond substituents is 2. The quantitative estimate of drug-likeness (QED) is 0.480. The van der Waals surface area contributed by atoms with Gasteiger partial charge in [-0.3, -0.25) is 0 Å². The van der Waals surface area contributed by atoms with Crippen LogP contribution in [0.2, 0.25) is 0 Å². The smallest absolute Gasteiger partial charge is 0.342 e. The molecule has 0 bridgehead atoms. The maximum absolute atomic E-state index is 12.6. The number of hydrogen-bond acceptors (Lipinski definition) is 4. The van der Waals surface area contributed by atoms with Crippen LogP contribution in [0.1, 0.15) is 80.8 Å². The summed E-state index contributed by atoms with van der Waals surface area (Å²) in [5, 5.41) is 21.8. The predicted octanol–water partition coefficient (Wildman–Crippen LogP) is 5.63. The van der Waals surface area contributed by atoms with Crippen molar-refractivity contribution in [1.82, 2.24) is 0 Å². The van der Waals surface area contributed by atoms with Gasteiger partial charge in [0.05, 0.1) is 6.61 Å². The molecule has 0 fully saturated rings. The lowest BCUT2D eigenvalue weighted by Gasteiger charge is -2.32. The number of benzene rings is 1. The fourth-order valence-electron chi connectivity index (χ4n) is 3.92. The van der Waals surface area contributed by atoms with Gasteiger partial charge in [0.2, 0.25) is 0 Å². The van der Waals surface area contributed by atoms with Crippen LogP contribution < -0.4 is 0 Å². The number of phenols is 2. The van der Waals surface area contributed by atoms with Crippen molar-refractivity contribution < 1.29 is 19.7 Å². The van der Waals surface area contributed by atoms with Crippen molar-refractivity contribution >= 4 is 5.97 Å². The number of rotatable bonds is 7. The Bertz CT molecular complexity index is 745. The van der Waals surface area contributed by atoms with Crippen LogP contribution in [-0.2, 0) is 11.2 Å². The zero-order chi connectivity index (χ0) is 20.1. The first-order valence-electron chi connectivity index (χ1n) is 9.89. The highest BCUT2D eigenvalue weighted by molar-refractivity contribution is 5.95. The molecule has 2 atom stereocenters. The van der Waals surface area contributed by atoms with Gasteiger partial charge in [-0.1, -0.05) is 44.1 Å². The van der Waals surface area contributed by atoms with Gasteiger partial charge in [-0.15, -0.1) is 0 Å². The lowest BCUT2D eigenvalue weighted by molar-refractivity contribution is 0.0500. The summed E-state index contributed by atoms with van der Waals surface area (Å²) in [6.45, 7) is 12.3. The Labute approximate surface area is 162 Å². The van der Waals surface area contributed by atoms with E-state index in [1.807, 2.05) is 20.8 Å². The van der Waals surface area contributed by atoms with Gasteiger partial charge in [0.1, 0.15) is 17.1 Å². The molecular weight excluding hydrogens is 340 g/mol. The maximum atomic E-state index is 12.6. The van der Waals surface area contributed by atoms with Gasteiger partial charge in [0.15, 0.2) is 0 Å². The summed E-state index contributed by atoms with van der Waals surface area (Å²) in [6.07, 6.45) is 6.05. The third-order valence-electron chi connectivity index (χ3n) is 5.27. The van der Waals surface area contributed by atoms with Gasteiger partial charge in [-0.25, -0.2) is 4.79 Å². The standard InChI is InChI=1S/C23H32O4/c1-6-8-16-13-19(24)21(22(25)20(16)23(26)27-11-7-2)18-12-15(5)9-10-17(18)14(3)4/h12-13,17-18,24-25H,3,6-11H2,1-2,4-5H3/t17-,18+/m0/s1. The minimum atomic E-state index is -0.526. The molecule has 1 aliphatic rings. The molecule has 0 heterocycles. The van der Waals surface area contributed by atoms with Crippen molar-refractivity contribution in [2.24, 2.45) is 5.92 Å². The van der Waals surface area contributed by atoms with E-state index < -0.39 is 5.97 Å². The average Bonchev–Trinajstić information content (AvgIpc) is 2.59. The number of allylic oxidation sites excluding steroid dienone is 3. The van der Waals surface area contributed by atoms with Gasteiger partial charge in [0.25, 0.3) is 0 Å². The van der Waals surface area contributed by atoms with Crippen LogP contribution in [0.3, 0.4) is 0 Å². The first kappa shape index (κ1) is 21.1. The number of aromatic hydroxyl groups is 2. The minimum absolute atomic E-state index is 0.0326. The monoisotopic (exact) mass is 372 g/mol.